The fourth-order valence-corrected chi connectivity index (χ4v) is 3.15. The number of phenolic OH excluding ortho intramolecular Hbond substituents is 1. The van der Waals surface area contributed by atoms with Crippen molar-refractivity contribution >= 4 is 11.3 Å². The van der Waals surface area contributed by atoms with Crippen LogP contribution in [0.3, 0.4) is 0 Å². The van der Waals surface area contributed by atoms with E-state index in [0.717, 1.165) is 40.1 Å². The Kier molecular flexibility index (Phi) is 5.14. The van der Waals surface area contributed by atoms with Gasteiger partial charge in [-0.1, -0.05) is 11.8 Å². The molecule has 0 amide bonds. The van der Waals surface area contributed by atoms with E-state index in [-0.39, 0.29) is 5.75 Å². The lowest BCUT2D eigenvalue weighted by Gasteiger charge is -2.05. The van der Waals surface area contributed by atoms with Gasteiger partial charge < -0.3 is 5.11 Å². The number of aryl methyl sites for hydroxylation is 3. The Balaban J connectivity index is 1.90. The fourth-order valence-electron chi connectivity index (χ4n) is 2.53. The highest BCUT2D eigenvalue weighted by molar-refractivity contribution is 7.09. The average Bonchev–Trinajstić information content (AvgIpc) is 3.13. The Bertz CT molecular complexity index is 989. The molecule has 0 aliphatic carbocycles. The van der Waals surface area contributed by atoms with Crippen molar-refractivity contribution in [1.29, 1.82) is 5.26 Å². The number of hydrogen-bond acceptors (Lipinski definition) is 4. The highest BCUT2D eigenvalue weighted by Gasteiger charge is 2.05. The van der Waals surface area contributed by atoms with Gasteiger partial charge in [-0.3, -0.25) is 0 Å². The van der Waals surface area contributed by atoms with E-state index in [4.69, 9.17) is 5.26 Å². The molecule has 0 saturated heterocycles. The van der Waals surface area contributed by atoms with Gasteiger partial charge >= 0.3 is 0 Å². The molecular weight excluding hydrogens is 328 g/mol. The van der Waals surface area contributed by atoms with Crippen molar-refractivity contribution in [2.45, 2.75) is 19.8 Å². The smallest absolute Gasteiger partial charge is 0.115 e. The zero-order chi connectivity index (χ0) is 17.6. The van der Waals surface area contributed by atoms with Crippen molar-refractivity contribution in [2.24, 2.45) is 0 Å². The summed E-state index contributed by atoms with van der Waals surface area (Å²) in [7, 11) is 0. The van der Waals surface area contributed by atoms with Gasteiger partial charge in [0.25, 0.3) is 0 Å². The quantitative estimate of drug-likeness (QED) is 0.724. The number of benzene rings is 2. The summed E-state index contributed by atoms with van der Waals surface area (Å²) in [6.45, 7) is 1.92. The zero-order valence-corrected chi connectivity index (χ0v) is 14.6. The second-order valence-corrected chi connectivity index (χ2v) is 6.64. The molecule has 0 aliphatic heterocycles. The first-order valence-electron chi connectivity index (χ1n) is 7.89. The Labute approximate surface area is 151 Å². The van der Waals surface area contributed by atoms with Gasteiger partial charge in [-0.15, -0.1) is 11.3 Å². The van der Waals surface area contributed by atoms with Gasteiger partial charge in [-0.05, 0) is 60.9 Å². The Morgan fingerprint density at radius 1 is 1.08 bits per heavy atom. The Hall–Kier alpha value is -3.08. The van der Waals surface area contributed by atoms with Crippen molar-refractivity contribution in [2.75, 3.05) is 0 Å². The molecule has 2 aromatic carbocycles. The predicted molar refractivity (Wildman–Crippen MR) is 99.5 cm³/mol. The molecule has 0 aliphatic rings. The summed E-state index contributed by atoms with van der Waals surface area (Å²) < 4.78 is 0. The van der Waals surface area contributed by atoms with Crippen molar-refractivity contribution in [3.8, 4) is 23.7 Å². The number of rotatable bonds is 3. The molecule has 0 spiro atoms. The first kappa shape index (κ1) is 16.8. The van der Waals surface area contributed by atoms with Crippen molar-refractivity contribution in [1.82, 2.24) is 4.98 Å². The van der Waals surface area contributed by atoms with Gasteiger partial charge in [0.2, 0.25) is 0 Å². The van der Waals surface area contributed by atoms with Crippen molar-refractivity contribution < 1.29 is 5.11 Å². The van der Waals surface area contributed by atoms with Gasteiger partial charge in [0.05, 0.1) is 16.6 Å². The molecule has 3 aromatic rings. The van der Waals surface area contributed by atoms with E-state index in [1.165, 1.54) is 0 Å². The summed E-state index contributed by atoms with van der Waals surface area (Å²) in [5, 5.41) is 21.7. The molecule has 4 heteroatoms. The summed E-state index contributed by atoms with van der Waals surface area (Å²) in [6.07, 6.45) is 3.43. The van der Waals surface area contributed by atoms with Crippen LogP contribution in [0.2, 0.25) is 0 Å². The molecule has 1 heterocycles. The maximum Gasteiger partial charge on any atom is 0.115 e. The molecule has 0 fully saturated rings. The maximum absolute atomic E-state index is 9.50. The predicted octanol–water partition coefficient (Wildman–Crippen LogP) is 4.21. The molecule has 3 nitrogen and oxygen atoms in total. The van der Waals surface area contributed by atoms with Crippen LogP contribution in [0.25, 0.3) is 0 Å². The maximum atomic E-state index is 9.50. The number of aromatic hydroxyl groups is 1. The van der Waals surface area contributed by atoms with E-state index in [9.17, 15) is 5.11 Å². The standard InChI is InChI=1S/C21H16N2OS/c1-15-12-20(24)8-6-17(15)4-5-18-3-2-16(14-22)13-19(18)7-9-21-23-10-11-25-21/h2-3,6,8,10-13,24H,7,9H2,1H3. The lowest BCUT2D eigenvalue weighted by atomic mass is 10.00. The highest BCUT2D eigenvalue weighted by atomic mass is 32.1. The molecule has 1 N–H and O–H groups in total. The molecule has 0 unspecified atom stereocenters. The number of phenols is 1. The van der Waals surface area contributed by atoms with E-state index < -0.39 is 0 Å². The minimum absolute atomic E-state index is 0.241. The van der Waals surface area contributed by atoms with Crippen LogP contribution in [0.1, 0.15) is 32.8 Å². The number of hydrogen-bond donors (Lipinski definition) is 1. The lowest BCUT2D eigenvalue weighted by molar-refractivity contribution is 0.475. The second kappa shape index (κ2) is 7.66. The molecule has 3 rings (SSSR count). The Morgan fingerprint density at radius 3 is 2.60 bits per heavy atom. The van der Waals surface area contributed by atoms with Crippen LogP contribution in [0.5, 0.6) is 5.75 Å². The summed E-state index contributed by atoms with van der Waals surface area (Å²) in [4.78, 5) is 4.31. The first-order chi connectivity index (χ1) is 12.2. The third kappa shape index (κ3) is 4.26. The second-order valence-electron chi connectivity index (χ2n) is 5.66. The summed E-state index contributed by atoms with van der Waals surface area (Å²) in [6, 6.07) is 12.9. The molecular formula is C21H16N2OS. The SMILES string of the molecule is Cc1cc(O)ccc1C#Cc1ccc(C#N)cc1CCc1nccs1. The van der Waals surface area contributed by atoms with E-state index in [0.29, 0.717) is 5.56 Å². The minimum Gasteiger partial charge on any atom is -0.508 e. The number of nitrogens with zero attached hydrogens (tertiary/aromatic N) is 2. The molecule has 122 valence electrons. The third-order valence-electron chi connectivity index (χ3n) is 3.87. The summed E-state index contributed by atoms with van der Waals surface area (Å²) in [5.41, 5.74) is 4.43. The molecule has 0 radical (unpaired) electrons. The molecule has 0 saturated carbocycles. The number of nitriles is 1. The average molecular weight is 344 g/mol. The third-order valence-corrected chi connectivity index (χ3v) is 4.71. The van der Waals surface area contributed by atoms with Gasteiger partial charge in [0.15, 0.2) is 0 Å². The molecule has 1 aromatic heterocycles. The summed E-state index contributed by atoms with van der Waals surface area (Å²) >= 11 is 1.64. The highest BCUT2D eigenvalue weighted by Crippen LogP contribution is 2.17. The zero-order valence-electron chi connectivity index (χ0n) is 13.8. The fraction of sp³-hybridized carbons (Fsp3) is 0.143. The minimum atomic E-state index is 0.241. The monoisotopic (exact) mass is 344 g/mol. The van der Waals surface area contributed by atoms with Gasteiger partial charge in [-0.25, -0.2) is 4.98 Å². The van der Waals surface area contributed by atoms with Crippen molar-refractivity contribution in [3.63, 3.8) is 0 Å². The molecule has 0 atom stereocenters. The largest absolute Gasteiger partial charge is 0.508 e. The van der Waals surface area contributed by atoms with Crippen LogP contribution in [0.4, 0.5) is 0 Å². The number of thiazole rings is 1. The van der Waals surface area contributed by atoms with Crippen LogP contribution in [-0.2, 0) is 12.8 Å². The Morgan fingerprint density at radius 2 is 1.88 bits per heavy atom. The molecule has 0 bridgehead atoms. The first-order valence-corrected chi connectivity index (χ1v) is 8.77. The van der Waals surface area contributed by atoms with E-state index >= 15 is 0 Å². The van der Waals surface area contributed by atoms with Gasteiger partial charge in [-0.2, -0.15) is 5.26 Å². The van der Waals surface area contributed by atoms with Crippen LogP contribution in [0.15, 0.2) is 48.0 Å². The number of aromatic nitrogens is 1. The normalized spacial score (nSPS) is 9.92. The van der Waals surface area contributed by atoms with E-state index in [1.807, 2.05) is 30.5 Å². The topological polar surface area (TPSA) is 56.9 Å². The van der Waals surface area contributed by atoms with Crippen LogP contribution in [-0.4, -0.2) is 10.1 Å². The van der Waals surface area contributed by atoms with Crippen LogP contribution in [0, 0.1) is 30.1 Å². The van der Waals surface area contributed by atoms with Crippen LogP contribution >= 0.6 is 11.3 Å². The van der Waals surface area contributed by atoms with Crippen LogP contribution < -0.4 is 0 Å². The van der Waals surface area contributed by atoms with Gasteiger partial charge in [0.1, 0.15) is 5.75 Å². The van der Waals surface area contributed by atoms with Crippen molar-refractivity contribution in [3.05, 3.63) is 80.8 Å². The van der Waals surface area contributed by atoms with E-state index in [1.54, 1.807) is 35.7 Å². The molecule has 25 heavy (non-hydrogen) atoms. The summed E-state index contributed by atoms with van der Waals surface area (Å²) in [5.74, 6) is 6.62. The van der Waals surface area contributed by atoms with E-state index in [2.05, 4.69) is 22.9 Å². The van der Waals surface area contributed by atoms with Gasteiger partial charge in [0, 0.05) is 29.1 Å². The lowest BCUT2D eigenvalue weighted by Crippen LogP contribution is -1.96.